The highest BCUT2D eigenvalue weighted by atomic mass is 32.2. The van der Waals surface area contributed by atoms with Gasteiger partial charge in [-0.25, -0.2) is 4.72 Å². The number of rotatable bonds is 7. The van der Waals surface area contributed by atoms with E-state index in [0.29, 0.717) is 18.4 Å². The van der Waals surface area contributed by atoms with Crippen LogP contribution in [0, 0.1) is 11.8 Å². The van der Waals surface area contributed by atoms with Crippen LogP contribution < -0.4 is 9.44 Å². The van der Waals surface area contributed by atoms with Crippen LogP contribution >= 0.6 is 0 Å². The standard InChI is InChI=1S/C15H31N3O2S/c1-13(2)12-18-9-7-14(8-10-18)11-16-21(19,20)17-15-5-3-4-6-15/h13-17H,3-12H2,1-2H3. The van der Waals surface area contributed by atoms with Crippen LogP contribution in [0.1, 0.15) is 52.4 Å². The average molecular weight is 317 g/mol. The summed E-state index contributed by atoms with van der Waals surface area (Å²) in [6.45, 7) is 8.42. The highest BCUT2D eigenvalue weighted by Gasteiger charge is 2.24. The summed E-state index contributed by atoms with van der Waals surface area (Å²) in [5, 5.41) is 0. The first-order valence-corrected chi connectivity index (χ1v) is 9.92. The van der Waals surface area contributed by atoms with Crippen molar-refractivity contribution in [3.05, 3.63) is 0 Å². The molecule has 1 heterocycles. The predicted octanol–water partition coefficient (Wildman–Crippen LogP) is 1.72. The van der Waals surface area contributed by atoms with Crippen LogP contribution in [0.15, 0.2) is 0 Å². The fraction of sp³-hybridized carbons (Fsp3) is 1.00. The largest absolute Gasteiger partial charge is 0.303 e. The summed E-state index contributed by atoms with van der Waals surface area (Å²) < 4.78 is 29.5. The highest BCUT2D eigenvalue weighted by Crippen LogP contribution is 2.19. The van der Waals surface area contributed by atoms with Gasteiger partial charge in [-0.05, 0) is 50.6 Å². The number of likely N-dealkylation sites (tertiary alicyclic amines) is 1. The molecule has 0 unspecified atom stereocenters. The van der Waals surface area contributed by atoms with Crippen molar-refractivity contribution in [1.82, 2.24) is 14.3 Å². The van der Waals surface area contributed by atoms with E-state index < -0.39 is 10.2 Å². The molecule has 1 saturated carbocycles. The molecule has 0 aromatic carbocycles. The van der Waals surface area contributed by atoms with Crippen LogP contribution in [0.5, 0.6) is 0 Å². The van der Waals surface area contributed by atoms with Crippen molar-refractivity contribution in [2.45, 2.75) is 58.4 Å². The van der Waals surface area contributed by atoms with Crippen LogP contribution in [0.25, 0.3) is 0 Å². The first kappa shape index (κ1) is 17.2. The lowest BCUT2D eigenvalue weighted by molar-refractivity contribution is 0.169. The van der Waals surface area contributed by atoms with Gasteiger partial charge in [-0.15, -0.1) is 0 Å². The number of hydrogen-bond donors (Lipinski definition) is 2. The molecule has 0 radical (unpaired) electrons. The summed E-state index contributed by atoms with van der Waals surface area (Å²) in [7, 11) is -3.31. The van der Waals surface area contributed by atoms with Crippen LogP contribution in [-0.2, 0) is 10.2 Å². The van der Waals surface area contributed by atoms with Crippen LogP contribution in [0.3, 0.4) is 0 Å². The van der Waals surface area contributed by atoms with Crippen molar-refractivity contribution in [1.29, 1.82) is 0 Å². The number of piperidine rings is 1. The van der Waals surface area contributed by atoms with E-state index in [0.717, 1.165) is 58.2 Å². The molecule has 0 spiro atoms. The van der Waals surface area contributed by atoms with Gasteiger partial charge in [0.15, 0.2) is 0 Å². The van der Waals surface area contributed by atoms with Gasteiger partial charge in [0.1, 0.15) is 0 Å². The topological polar surface area (TPSA) is 61.4 Å². The summed E-state index contributed by atoms with van der Waals surface area (Å²) in [6, 6.07) is 0.149. The third kappa shape index (κ3) is 6.22. The monoisotopic (exact) mass is 317 g/mol. The molecule has 1 aliphatic carbocycles. The fourth-order valence-electron chi connectivity index (χ4n) is 3.42. The first-order chi connectivity index (χ1) is 9.94. The van der Waals surface area contributed by atoms with Crippen LogP contribution in [0.2, 0.25) is 0 Å². The Hall–Kier alpha value is -0.170. The molecule has 0 amide bonds. The highest BCUT2D eigenvalue weighted by molar-refractivity contribution is 7.87. The van der Waals surface area contributed by atoms with Gasteiger partial charge in [0, 0.05) is 19.1 Å². The van der Waals surface area contributed by atoms with E-state index in [4.69, 9.17) is 0 Å². The Labute approximate surface area is 130 Å². The second kappa shape index (κ2) is 7.90. The quantitative estimate of drug-likeness (QED) is 0.751. The second-order valence-electron chi connectivity index (χ2n) is 7.09. The lowest BCUT2D eigenvalue weighted by atomic mass is 9.96. The first-order valence-electron chi connectivity index (χ1n) is 8.44. The van der Waals surface area contributed by atoms with Gasteiger partial charge in [0.2, 0.25) is 0 Å². The van der Waals surface area contributed by atoms with Crippen molar-refractivity contribution in [2.75, 3.05) is 26.2 Å². The van der Waals surface area contributed by atoms with Crippen molar-refractivity contribution < 1.29 is 8.42 Å². The fourth-order valence-corrected chi connectivity index (χ4v) is 4.63. The van der Waals surface area contributed by atoms with Gasteiger partial charge in [-0.2, -0.15) is 13.1 Å². The third-order valence-electron chi connectivity index (χ3n) is 4.57. The lowest BCUT2D eigenvalue weighted by Crippen LogP contribution is -2.45. The predicted molar refractivity (Wildman–Crippen MR) is 86.3 cm³/mol. The molecule has 0 aromatic heterocycles. The van der Waals surface area contributed by atoms with Crippen molar-refractivity contribution in [2.24, 2.45) is 11.8 Å². The van der Waals surface area contributed by atoms with Crippen molar-refractivity contribution in [3.8, 4) is 0 Å². The van der Waals surface area contributed by atoms with E-state index in [9.17, 15) is 8.42 Å². The second-order valence-corrected chi connectivity index (χ2v) is 8.62. The lowest BCUT2D eigenvalue weighted by Gasteiger charge is -2.33. The Balaban J connectivity index is 1.66. The zero-order chi connectivity index (χ0) is 15.3. The van der Waals surface area contributed by atoms with Crippen molar-refractivity contribution in [3.63, 3.8) is 0 Å². The van der Waals surface area contributed by atoms with E-state index in [2.05, 4.69) is 28.2 Å². The minimum Gasteiger partial charge on any atom is -0.303 e. The smallest absolute Gasteiger partial charge is 0.277 e. The molecule has 0 aromatic rings. The van der Waals surface area contributed by atoms with E-state index in [1.165, 1.54) is 0 Å². The zero-order valence-electron chi connectivity index (χ0n) is 13.5. The van der Waals surface area contributed by atoms with Crippen LogP contribution in [-0.4, -0.2) is 45.5 Å². The molecule has 0 atom stereocenters. The Morgan fingerprint density at radius 2 is 1.71 bits per heavy atom. The molecule has 2 aliphatic rings. The molecule has 2 fully saturated rings. The molecule has 1 aliphatic heterocycles. The average Bonchev–Trinajstić information content (AvgIpc) is 2.89. The molecule has 21 heavy (non-hydrogen) atoms. The summed E-state index contributed by atoms with van der Waals surface area (Å²) in [6.07, 6.45) is 6.43. The Bertz CT molecular complexity index is 397. The number of nitrogens with zero attached hydrogens (tertiary/aromatic N) is 1. The Kier molecular flexibility index (Phi) is 6.47. The van der Waals surface area contributed by atoms with E-state index in [-0.39, 0.29) is 6.04 Å². The molecule has 124 valence electrons. The van der Waals surface area contributed by atoms with Gasteiger partial charge < -0.3 is 4.90 Å². The Morgan fingerprint density at radius 3 is 2.29 bits per heavy atom. The molecule has 6 heteroatoms. The molecule has 5 nitrogen and oxygen atoms in total. The van der Waals surface area contributed by atoms with Gasteiger partial charge in [0.05, 0.1) is 0 Å². The molecule has 0 bridgehead atoms. The summed E-state index contributed by atoms with van der Waals surface area (Å²) in [5.41, 5.74) is 0. The third-order valence-corrected chi connectivity index (χ3v) is 5.76. The van der Waals surface area contributed by atoms with Gasteiger partial charge in [-0.3, -0.25) is 0 Å². The molecular formula is C15H31N3O2S. The van der Waals surface area contributed by atoms with E-state index in [1.54, 1.807) is 0 Å². The van der Waals surface area contributed by atoms with E-state index in [1.807, 2.05) is 0 Å². The molecule has 2 rings (SSSR count). The molecular weight excluding hydrogens is 286 g/mol. The zero-order valence-corrected chi connectivity index (χ0v) is 14.3. The normalized spacial score (nSPS) is 23.2. The summed E-state index contributed by atoms with van der Waals surface area (Å²) >= 11 is 0. The summed E-state index contributed by atoms with van der Waals surface area (Å²) in [4.78, 5) is 2.49. The van der Waals surface area contributed by atoms with E-state index >= 15 is 0 Å². The summed E-state index contributed by atoms with van der Waals surface area (Å²) in [5.74, 6) is 1.18. The van der Waals surface area contributed by atoms with Gasteiger partial charge >= 0.3 is 0 Å². The SMILES string of the molecule is CC(C)CN1CCC(CNS(=O)(=O)NC2CCCC2)CC1. The van der Waals surface area contributed by atoms with Crippen LogP contribution in [0.4, 0.5) is 0 Å². The maximum atomic E-state index is 12.0. The number of hydrogen-bond acceptors (Lipinski definition) is 3. The maximum absolute atomic E-state index is 12.0. The Morgan fingerprint density at radius 1 is 1.10 bits per heavy atom. The molecule has 2 N–H and O–H groups in total. The van der Waals surface area contributed by atoms with Gasteiger partial charge in [0.25, 0.3) is 10.2 Å². The van der Waals surface area contributed by atoms with Crippen molar-refractivity contribution >= 4 is 10.2 Å². The molecule has 1 saturated heterocycles. The maximum Gasteiger partial charge on any atom is 0.277 e. The minimum atomic E-state index is -3.31. The number of nitrogens with one attached hydrogen (secondary N) is 2. The minimum absolute atomic E-state index is 0.149. The van der Waals surface area contributed by atoms with Gasteiger partial charge in [-0.1, -0.05) is 26.7 Å².